The molecule has 1 aliphatic heterocycles. The molecule has 1 aliphatic rings. The van der Waals surface area contributed by atoms with E-state index in [1.165, 1.54) is 0 Å². The van der Waals surface area contributed by atoms with Gasteiger partial charge in [-0.3, -0.25) is 9.48 Å². The van der Waals surface area contributed by atoms with Crippen LogP contribution in [0, 0.1) is 6.92 Å². The van der Waals surface area contributed by atoms with Gasteiger partial charge in [-0.25, -0.2) is 0 Å². The summed E-state index contributed by atoms with van der Waals surface area (Å²) in [6.45, 7) is 3.45. The van der Waals surface area contributed by atoms with E-state index in [1.54, 1.807) is 6.26 Å². The highest BCUT2D eigenvalue weighted by molar-refractivity contribution is 5.98. The van der Waals surface area contributed by atoms with Crippen molar-refractivity contribution in [3.8, 4) is 11.1 Å². The smallest absolute Gasteiger partial charge is 0.290 e. The number of carbonyl (C=O) groups is 1. The molecule has 0 bridgehead atoms. The van der Waals surface area contributed by atoms with Gasteiger partial charge in [0.2, 0.25) is 0 Å². The number of furan rings is 1. The molecule has 3 heterocycles. The van der Waals surface area contributed by atoms with Gasteiger partial charge in [0, 0.05) is 24.8 Å². The van der Waals surface area contributed by atoms with E-state index >= 15 is 0 Å². The van der Waals surface area contributed by atoms with Crippen molar-refractivity contribution >= 4 is 5.91 Å². The molecule has 5 nitrogen and oxygen atoms in total. The summed E-state index contributed by atoms with van der Waals surface area (Å²) in [4.78, 5) is 14.9. The summed E-state index contributed by atoms with van der Waals surface area (Å²) in [5, 5.41) is 4.42. The maximum absolute atomic E-state index is 13.0. The Morgan fingerprint density at radius 3 is 2.84 bits per heavy atom. The maximum Gasteiger partial charge on any atom is 0.290 e. The average Bonchev–Trinajstić information content (AvgIpc) is 3.31. The predicted octanol–water partition coefficient (Wildman–Crippen LogP) is 3.93. The Balaban J connectivity index is 1.56. The molecule has 25 heavy (non-hydrogen) atoms. The lowest BCUT2D eigenvalue weighted by Gasteiger charge is -2.32. The Bertz CT molecular complexity index is 866. The first-order valence-electron chi connectivity index (χ1n) is 8.65. The average molecular weight is 335 g/mol. The van der Waals surface area contributed by atoms with Crippen LogP contribution in [0.3, 0.4) is 0 Å². The third kappa shape index (κ3) is 3.09. The zero-order valence-electron chi connectivity index (χ0n) is 14.3. The minimum Gasteiger partial charge on any atom is -0.459 e. The summed E-state index contributed by atoms with van der Waals surface area (Å²) < 4.78 is 7.55. The van der Waals surface area contributed by atoms with E-state index < -0.39 is 0 Å². The zero-order chi connectivity index (χ0) is 17.2. The van der Waals surface area contributed by atoms with E-state index in [0.29, 0.717) is 12.3 Å². The molecule has 0 N–H and O–H groups in total. The largest absolute Gasteiger partial charge is 0.459 e. The third-order valence-electron chi connectivity index (χ3n) is 4.73. The molecule has 5 heteroatoms. The quantitative estimate of drug-likeness (QED) is 0.729. The van der Waals surface area contributed by atoms with Crippen molar-refractivity contribution in [2.24, 2.45) is 0 Å². The molecule has 1 aromatic carbocycles. The van der Waals surface area contributed by atoms with Gasteiger partial charge in [-0.05, 0) is 37.0 Å². The summed E-state index contributed by atoms with van der Waals surface area (Å²) in [5.74, 6) is 0.376. The summed E-state index contributed by atoms with van der Waals surface area (Å²) >= 11 is 0. The van der Waals surface area contributed by atoms with Crippen LogP contribution in [0.1, 0.15) is 35.0 Å². The second-order valence-corrected chi connectivity index (χ2v) is 6.57. The van der Waals surface area contributed by atoms with Crippen LogP contribution in [0.2, 0.25) is 0 Å². The van der Waals surface area contributed by atoms with E-state index in [9.17, 15) is 4.79 Å². The monoisotopic (exact) mass is 335 g/mol. The summed E-state index contributed by atoms with van der Waals surface area (Å²) in [7, 11) is 0. The highest BCUT2D eigenvalue weighted by Gasteiger charge is 2.29. The number of amides is 1. The number of benzene rings is 1. The fourth-order valence-corrected chi connectivity index (χ4v) is 3.45. The number of rotatable bonds is 3. The van der Waals surface area contributed by atoms with Crippen molar-refractivity contribution in [2.45, 2.75) is 25.8 Å². The Kier molecular flexibility index (Phi) is 4.14. The molecule has 1 unspecified atom stereocenters. The molecular formula is C20H21N3O2. The number of carbonyl (C=O) groups excluding carboxylic acids is 1. The lowest BCUT2D eigenvalue weighted by atomic mass is 10.0. The molecule has 2 aromatic heterocycles. The molecule has 128 valence electrons. The van der Waals surface area contributed by atoms with Crippen LogP contribution in [-0.4, -0.2) is 33.7 Å². The molecule has 0 aliphatic carbocycles. The molecule has 1 saturated heterocycles. The highest BCUT2D eigenvalue weighted by atomic mass is 16.3. The van der Waals surface area contributed by atoms with Gasteiger partial charge in [0.1, 0.15) is 0 Å². The third-order valence-corrected chi connectivity index (χ3v) is 4.73. The first-order valence-corrected chi connectivity index (χ1v) is 8.65. The fraction of sp³-hybridized carbons (Fsp3) is 0.300. The minimum atomic E-state index is -0.0440. The molecule has 1 atom stereocenters. The number of piperidine rings is 1. The molecule has 0 saturated carbocycles. The second-order valence-electron chi connectivity index (χ2n) is 6.57. The molecular weight excluding hydrogens is 314 g/mol. The number of hydrogen-bond donors (Lipinski definition) is 0. The SMILES string of the molecule is Cc1cnn(C2CCCN(C(=O)c3occc3-c3ccccc3)C2)c1. The Morgan fingerprint density at radius 1 is 1.24 bits per heavy atom. The van der Waals surface area contributed by atoms with E-state index in [1.807, 2.05) is 65.3 Å². The van der Waals surface area contributed by atoms with E-state index in [2.05, 4.69) is 5.10 Å². The van der Waals surface area contributed by atoms with Crippen LogP contribution >= 0.6 is 0 Å². The number of nitrogens with zero attached hydrogens (tertiary/aromatic N) is 3. The van der Waals surface area contributed by atoms with Crippen LogP contribution in [0.4, 0.5) is 0 Å². The van der Waals surface area contributed by atoms with E-state index in [0.717, 1.165) is 36.1 Å². The van der Waals surface area contributed by atoms with Crippen LogP contribution in [0.5, 0.6) is 0 Å². The van der Waals surface area contributed by atoms with Gasteiger partial charge in [0.15, 0.2) is 5.76 Å². The van der Waals surface area contributed by atoms with Gasteiger partial charge in [0.05, 0.1) is 18.5 Å². The van der Waals surface area contributed by atoms with Crippen LogP contribution in [0.25, 0.3) is 11.1 Å². The lowest BCUT2D eigenvalue weighted by molar-refractivity contribution is 0.0642. The maximum atomic E-state index is 13.0. The molecule has 3 aromatic rings. The normalized spacial score (nSPS) is 17.6. The first kappa shape index (κ1) is 15.7. The first-order chi connectivity index (χ1) is 12.2. The standard InChI is InChI=1S/C20H21N3O2/c1-15-12-21-23(13-15)17-8-5-10-22(14-17)20(24)19-18(9-11-25-19)16-6-3-2-4-7-16/h2-4,6-7,9,11-13,17H,5,8,10,14H2,1H3. The van der Waals surface area contributed by atoms with Crippen molar-refractivity contribution in [3.05, 3.63) is 66.4 Å². The Labute approximate surface area is 146 Å². The van der Waals surface area contributed by atoms with Crippen LogP contribution in [0.15, 0.2) is 59.5 Å². The van der Waals surface area contributed by atoms with Gasteiger partial charge in [-0.15, -0.1) is 0 Å². The number of aryl methyl sites for hydroxylation is 1. The molecule has 4 rings (SSSR count). The second kappa shape index (κ2) is 6.59. The molecule has 1 amide bonds. The lowest BCUT2D eigenvalue weighted by Crippen LogP contribution is -2.40. The van der Waals surface area contributed by atoms with Crippen molar-refractivity contribution in [1.29, 1.82) is 0 Å². The van der Waals surface area contributed by atoms with Gasteiger partial charge in [0.25, 0.3) is 5.91 Å². The van der Waals surface area contributed by atoms with Crippen molar-refractivity contribution in [3.63, 3.8) is 0 Å². The van der Waals surface area contributed by atoms with Crippen molar-refractivity contribution in [1.82, 2.24) is 14.7 Å². The van der Waals surface area contributed by atoms with Gasteiger partial charge in [-0.1, -0.05) is 30.3 Å². The fourth-order valence-electron chi connectivity index (χ4n) is 3.45. The van der Waals surface area contributed by atoms with Crippen LogP contribution in [-0.2, 0) is 0 Å². The highest BCUT2D eigenvalue weighted by Crippen LogP contribution is 2.28. The minimum absolute atomic E-state index is 0.0440. The zero-order valence-corrected chi connectivity index (χ0v) is 14.3. The predicted molar refractivity (Wildman–Crippen MR) is 95.3 cm³/mol. The van der Waals surface area contributed by atoms with Crippen LogP contribution < -0.4 is 0 Å². The van der Waals surface area contributed by atoms with Gasteiger partial charge >= 0.3 is 0 Å². The molecule has 1 fully saturated rings. The summed E-state index contributed by atoms with van der Waals surface area (Å²) in [6.07, 6.45) is 7.50. The van der Waals surface area contributed by atoms with E-state index in [4.69, 9.17) is 4.42 Å². The number of likely N-dealkylation sites (tertiary alicyclic amines) is 1. The van der Waals surface area contributed by atoms with Crippen molar-refractivity contribution < 1.29 is 9.21 Å². The number of aromatic nitrogens is 2. The Hall–Kier alpha value is -2.82. The Morgan fingerprint density at radius 2 is 2.08 bits per heavy atom. The summed E-state index contributed by atoms with van der Waals surface area (Å²) in [6, 6.07) is 12.0. The molecule has 0 spiro atoms. The molecule has 0 radical (unpaired) electrons. The summed E-state index contributed by atoms with van der Waals surface area (Å²) in [5.41, 5.74) is 2.99. The topological polar surface area (TPSA) is 51.3 Å². The van der Waals surface area contributed by atoms with Gasteiger partial charge < -0.3 is 9.32 Å². The van der Waals surface area contributed by atoms with Gasteiger partial charge in [-0.2, -0.15) is 5.10 Å². The number of hydrogen-bond acceptors (Lipinski definition) is 3. The van der Waals surface area contributed by atoms with E-state index in [-0.39, 0.29) is 11.9 Å². The van der Waals surface area contributed by atoms with Crippen molar-refractivity contribution in [2.75, 3.05) is 13.1 Å².